The van der Waals surface area contributed by atoms with Gasteiger partial charge in [0.1, 0.15) is 0 Å². The van der Waals surface area contributed by atoms with E-state index < -0.39 is 9.05 Å². The Morgan fingerprint density at radius 3 is 2.69 bits per heavy atom. The van der Waals surface area contributed by atoms with Crippen molar-refractivity contribution in [2.75, 3.05) is 0 Å². The second kappa shape index (κ2) is 3.67. The Balaban J connectivity index is 3.02. The number of aromatic nitrogens is 2. The zero-order chi connectivity index (χ0) is 10.1. The summed E-state index contributed by atoms with van der Waals surface area (Å²) in [6, 6.07) is 0. The van der Waals surface area contributed by atoms with Crippen LogP contribution in [-0.4, -0.2) is 18.2 Å². The van der Waals surface area contributed by atoms with Crippen molar-refractivity contribution in [3.63, 3.8) is 0 Å². The van der Waals surface area contributed by atoms with Gasteiger partial charge < -0.3 is 0 Å². The molecule has 0 aromatic carbocycles. The van der Waals surface area contributed by atoms with Crippen LogP contribution in [0, 0.1) is 0 Å². The number of rotatable bonds is 3. The van der Waals surface area contributed by atoms with Crippen molar-refractivity contribution in [2.45, 2.75) is 19.1 Å². The van der Waals surface area contributed by atoms with Crippen molar-refractivity contribution in [1.82, 2.24) is 9.78 Å². The molecule has 0 aliphatic rings. The minimum absolute atomic E-state index is 0.147. The number of nitrogens with zero attached hydrogens (tertiary/aromatic N) is 2. The fourth-order valence-corrected chi connectivity index (χ4v) is 2.24. The Kier molecular flexibility index (Phi) is 2.98. The third kappa shape index (κ3) is 2.70. The summed E-state index contributed by atoms with van der Waals surface area (Å²) in [6.07, 6.45) is 2.29. The monoisotopic (exact) mass is 222 g/mol. The van der Waals surface area contributed by atoms with Crippen molar-refractivity contribution < 1.29 is 8.42 Å². The van der Waals surface area contributed by atoms with Gasteiger partial charge in [-0.3, -0.25) is 4.68 Å². The van der Waals surface area contributed by atoms with E-state index in [1.165, 1.54) is 0 Å². The highest BCUT2D eigenvalue weighted by Crippen LogP contribution is 2.14. The SMILES string of the molecule is CCc1c(CS(=O)(=O)Cl)cnn1C. The minimum atomic E-state index is -3.48. The Hall–Kier alpha value is -0.550. The Labute approximate surface area is 81.9 Å². The summed E-state index contributed by atoms with van der Waals surface area (Å²) in [5, 5.41) is 3.97. The topological polar surface area (TPSA) is 52.0 Å². The first kappa shape index (κ1) is 10.5. The van der Waals surface area contributed by atoms with Crippen molar-refractivity contribution in [3.05, 3.63) is 17.5 Å². The minimum Gasteiger partial charge on any atom is -0.272 e. The molecule has 0 saturated carbocycles. The van der Waals surface area contributed by atoms with E-state index in [2.05, 4.69) is 5.10 Å². The number of aryl methyl sites for hydroxylation is 1. The molecule has 0 atom stereocenters. The molecule has 0 spiro atoms. The summed E-state index contributed by atoms with van der Waals surface area (Å²) in [5.74, 6) is -0.147. The molecular formula is C7H11ClN2O2S. The quantitative estimate of drug-likeness (QED) is 0.719. The van der Waals surface area contributed by atoms with Crippen molar-refractivity contribution in [2.24, 2.45) is 7.05 Å². The lowest BCUT2D eigenvalue weighted by Crippen LogP contribution is -2.01. The van der Waals surface area contributed by atoms with E-state index in [0.717, 1.165) is 12.1 Å². The van der Waals surface area contributed by atoms with E-state index in [4.69, 9.17) is 10.7 Å². The lowest BCUT2D eigenvalue weighted by Gasteiger charge is -2.00. The third-order valence-corrected chi connectivity index (χ3v) is 2.79. The normalized spacial score (nSPS) is 11.9. The molecule has 0 N–H and O–H groups in total. The Morgan fingerprint density at radius 2 is 2.23 bits per heavy atom. The summed E-state index contributed by atoms with van der Waals surface area (Å²) in [7, 11) is 3.44. The number of hydrogen-bond acceptors (Lipinski definition) is 3. The second-order valence-electron chi connectivity index (χ2n) is 2.78. The molecular weight excluding hydrogens is 212 g/mol. The fourth-order valence-electron chi connectivity index (χ4n) is 1.27. The second-order valence-corrected chi connectivity index (χ2v) is 5.55. The van der Waals surface area contributed by atoms with Gasteiger partial charge in [-0.25, -0.2) is 8.42 Å². The van der Waals surface area contributed by atoms with E-state index >= 15 is 0 Å². The van der Waals surface area contributed by atoms with Crippen molar-refractivity contribution >= 4 is 19.7 Å². The van der Waals surface area contributed by atoms with Crippen LogP contribution in [0.2, 0.25) is 0 Å². The highest BCUT2D eigenvalue weighted by Gasteiger charge is 2.13. The van der Waals surface area contributed by atoms with Crippen LogP contribution in [0.5, 0.6) is 0 Å². The summed E-state index contributed by atoms with van der Waals surface area (Å²) < 4.78 is 23.3. The zero-order valence-electron chi connectivity index (χ0n) is 7.49. The lowest BCUT2D eigenvalue weighted by atomic mass is 10.2. The zero-order valence-corrected chi connectivity index (χ0v) is 9.06. The van der Waals surface area contributed by atoms with Crippen molar-refractivity contribution in [3.8, 4) is 0 Å². The molecule has 0 saturated heterocycles. The van der Waals surface area contributed by atoms with Crippen LogP contribution in [-0.2, 0) is 28.3 Å². The third-order valence-electron chi connectivity index (χ3n) is 1.81. The lowest BCUT2D eigenvalue weighted by molar-refractivity contribution is 0.608. The maximum atomic E-state index is 10.8. The number of halogens is 1. The molecule has 0 fully saturated rings. The maximum absolute atomic E-state index is 10.8. The predicted molar refractivity (Wildman–Crippen MR) is 51.1 cm³/mol. The van der Waals surface area contributed by atoms with Crippen molar-refractivity contribution in [1.29, 1.82) is 0 Å². The summed E-state index contributed by atoms with van der Waals surface area (Å²) in [5.41, 5.74) is 1.59. The van der Waals surface area contributed by atoms with E-state index in [0.29, 0.717) is 5.56 Å². The van der Waals surface area contributed by atoms with Gasteiger partial charge in [0, 0.05) is 29.0 Å². The molecule has 1 aromatic heterocycles. The Morgan fingerprint density at radius 1 is 1.62 bits per heavy atom. The summed E-state index contributed by atoms with van der Waals surface area (Å²) in [4.78, 5) is 0. The van der Waals surface area contributed by atoms with Gasteiger partial charge in [0.25, 0.3) is 0 Å². The Bertz CT molecular complexity index is 397. The van der Waals surface area contributed by atoms with Gasteiger partial charge in [-0.15, -0.1) is 0 Å². The highest BCUT2D eigenvalue weighted by atomic mass is 35.7. The van der Waals surface area contributed by atoms with Gasteiger partial charge in [0.05, 0.1) is 11.9 Å². The van der Waals surface area contributed by atoms with Crippen LogP contribution in [0.25, 0.3) is 0 Å². The number of hydrogen-bond donors (Lipinski definition) is 0. The van der Waals surface area contributed by atoms with Crippen LogP contribution in [0.15, 0.2) is 6.20 Å². The van der Waals surface area contributed by atoms with Crippen LogP contribution >= 0.6 is 10.7 Å². The van der Waals surface area contributed by atoms with Gasteiger partial charge in [-0.05, 0) is 6.42 Å². The van der Waals surface area contributed by atoms with Gasteiger partial charge in [-0.2, -0.15) is 5.10 Å². The smallest absolute Gasteiger partial charge is 0.236 e. The molecule has 0 unspecified atom stereocenters. The molecule has 4 nitrogen and oxygen atoms in total. The van der Waals surface area contributed by atoms with Crippen LogP contribution in [0.4, 0.5) is 0 Å². The average molecular weight is 223 g/mol. The molecule has 0 aliphatic carbocycles. The largest absolute Gasteiger partial charge is 0.272 e. The molecule has 1 aromatic rings. The fraction of sp³-hybridized carbons (Fsp3) is 0.571. The molecule has 0 bridgehead atoms. The average Bonchev–Trinajstić information content (AvgIpc) is 2.28. The van der Waals surface area contributed by atoms with E-state index in [1.54, 1.807) is 17.9 Å². The maximum Gasteiger partial charge on any atom is 0.236 e. The molecule has 13 heavy (non-hydrogen) atoms. The van der Waals surface area contributed by atoms with Crippen LogP contribution < -0.4 is 0 Å². The molecule has 74 valence electrons. The van der Waals surface area contributed by atoms with Gasteiger partial charge in [0.15, 0.2) is 0 Å². The van der Waals surface area contributed by atoms with Gasteiger partial charge >= 0.3 is 0 Å². The van der Waals surface area contributed by atoms with E-state index in [1.807, 2.05) is 6.92 Å². The molecule has 1 heterocycles. The standard InChI is InChI=1S/C7H11ClN2O2S/c1-3-7-6(4-9-10(7)2)5-13(8,11)12/h4H,3,5H2,1-2H3. The first-order valence-electron chi connectivity index (χ1n) is 3.86. The van der Waals surface area contributed by atoms with E-state index in [-0.39, 0.29) is 5.75 Å². The molecule has 0 aliphatic heterocycles. The summed E-state index contributed by atoms with van der Waals surface area (Å²) in [6.45, 7) is 1.95. The molecule has 0 radical (unpaired) electrons. The van der Waals surface area contributed by atoms with Crippen LogP contribution in [0.3, 0.4) is 0 Å². The predicted octanol–water partition coefficient (Wildman–Crippen LogP) is 1.05. The highest BCUT2D eigenvalue weighted by molar-refractivity contribution is 8.13. The first-order chi connectivity index (χ1) is 5.94. The first-order valence-corrected chi connectivity index (χ1v) is 6.34. The van der Waals surface area contributed by atoms with Gasteiger partial charge in [0.2, 0.25) is 9.05 Å². The summed E-state index contributed by atoms with van der Waals surface area (Å²) >= 11 is 0. The van der Waals surface area contributed by atoms with Gasteiger partial charge in [-0.1, -0.05) is 6.92 Å². The van der Waals surface area contributed by atoms with Crippen LogP contribution in [0.1, 0.15) is 18.2 Å². The molecule has 0 amide bonds. The van der Waals surface area contributed by atoms with E-state index in [9.17, 15) is 8.42 Å². The molecule has 6 heteroatoms. The molecule has 1 rings (SSSR count).